The molecular weight excluding hydrogens is 220 g/mol. The number of thiazole rings is 1. The summed E-state index contributed by atoms with van der Waals surface area (Å²) in [6.45, 7) is 2.58. The first kappa shape index (κ1) is 9.48. The molecule has 2 heterocycles. The Bertz CT molecular complexity index is 428. The van der Waals surface area contributed by atoms with Gasteiger partial charge in [0.2, 0.25) is 0 Å². The lowest BCUT2D eigenvalue weighted by Crippen LogP contribution is -2.00. The van der Waals surface area contributed by atoms with E-state index in [0.29, 0.717) is 17.4 Å². The molecule has 0 aromatic carbocycles. The molecule has 0 aliphatic rings. The molecule has 0 bridgehead atoms. The number of aryl methyl sites for hydroxylation is 1. The van der Waals surface area contributed by atoms with Gasteiger partial charge in [-0.05, 0) is 6.92 Å². The van der Waals surface area contributed by atoms with Crippen molar-refractivity contribution in [3.8, 4) is 0 Å². The predicted molar refractivity (Wildman–Crippen MR) is 57.6 cm³/mol. The van der Waals surface area contributed by atoms with E-state index in [2.05, 4.69) is 10.1 Å². The number of halogens is 1. The van der Waals surface area contributed by atoms with Crippen LogP contribution in [0.15, 0.2) is 11.6 Å². The van der Waals surface area contributed by atoms with E-state index in [0.717, 1.165) is 10.7 Å². The highest BCUT2D eigenvalue weighted by Crippen LogP contribution is 2.17. The van der Waals surface area contributed by atoms with Crippen LogP contribution in [0.2, 0.25) is 5.02 Å². The molecule has 2 N–H and O–H groups in total. The van der Waals surface area contributed by atoms with E-state index in [4.69, 9.17) is 17.3 Å². The van der Waals surface area contributed by atoms with Crippen molar-refractivity contribution < 1.29 is 0 Å². The Balaban J connectivity index is 2.18. The van der Waals surface area contributed by atoms with Gasteiger partial charge in [0.05, 0.1) is 6.54 Å². The van der Waals surface area contributed by atoms with Crippen molar-refractivity contribution in [2.75, 3.05) is 5.73 Å². The van der Waals surface area contributed by atoms with Gasteiger partial charge < -0.3 is 5.73 Å². The standard InChI is InChI=1S/C8H9ClN4S/c1-5-4-14-7(11-5)3-13-2-6(9)8(10)12-13/h2,4H,3H2,1H3,(H2,10,12). The van der Waals surface area contributed by atoms with Crippen LogP contribution in [0, 0.1) is 6.92 Å². The fourth-order valence-corrected chi connectivity index (χ4v) is 2.02. The summed E-state index contributed by atoms with van der Waals surface area (Å²) in [4.78, 5) is 4.32. The molecule has 0 atom stereocenters. The zero-order chi connectivity index (χ0) is 10.1. The second-order valence-electron chi connectivity index (χ2n) is 2.94. The van der Waals surface area contributed by atoms with Crippen LogP contribution in [-0.4, -0.2) is 14.8 Å². The second-order valence-corrected chi connectivity index (χ2v) is 4.29. The van der Waals surface area contributed by atoms with Gasteiger partial charge in [0.1, 0.15) is 10.0 Å². The van der Waals surface area contributed by atoms with E-state index >= 15 is 0 Å². The third kappa shape index (κ3) is 1.88. The SMILES string of the molecule is Cc1csc(Cn2cc(Cl)c(N)n2)n1. The molecule has 74 valence electrons. The van der Waals surface area contributed by atoms with Crippen LogP contribution in [-0.2, 0) is 6.54 Å². The predicted octanol–water partition coefficient (Wildman–Crippen LogP) is 1.93. The van der Waals surface area contributed by atoms with Gasteiger partial charge in [-0.2, -0.15) is 5.10 Å². The Morgan fingerprint density at radius 1 is 1.64 bits per heavy atom. The van der Waals surface area contributed by atoms with E-state index in [9.17, 15) is 0 Å². The van der Waals surface area contributed by atoms with Gasteiger partial charge >= 0.3 is 0 Å². The Labute approximate surface area is 90.3 Å². The van der Waals surface area contributed by atoms with Crippen molar-refractivity contribution in [3.63, 3.8) is 0 Å². The lowest BCUT2D eigenvalue weighted by atomic mass is 10.6. The third-order valence-corrected chi connectivity index (χ3v) is 2.95. The Morgan fingerprint density at radius 3 is 2.93 bits per heavy atom. The van der Waals surface area contributed by atoms with Gasteiger partial charge in [0.25, 0.3) is 0 Å². The molecule has 2 aromatic rings. The lowest BCUT2D eigenvalue weighted by Gasteiger charge is -1.95. The van der Waals surface area contributed by atoms with Crippen LogP contribution in [0.3, 0.4) is 0 Å². The van der Waals surface area contributed by atoms with Crippen LogP contribution in [0.5, 0.6) is 0 Å². The molecule has 14 heavy (non-hydrogen) atoms. The number of rotatable bonds is 2. The van der Waals surface area contributed by atoms with Gasteiger partial charge in [0.15, 0.2) is 5.82 Å². The fourth-order valence-electron chi connectivity index (χ4n) is 1.11. The molecule has 0 saturated heterocycles. The van der Waals surface area contributed by atoms with E-state index < -0.39 is 0 Å². The van der Waals surface area contributed by atoms with Crippen molar-refractivity contribution in [3.05, 3.63) is 27.3 Å². The highest BCUT2D eigenvalue weighted by Gasteiger charge is 2.05. The van der Waals surface area contributed by atoms with Gasteiger partial charge in [-0.25, -0.2) is 4.98 Å². The zero-order valence-corrected chi connectivity index (χ0v) is 9.14. The average Bonchev–Trinajstić information content (AvgIpc) is 2.62. The summed E-state index contributed by atoms with van der Waals surface area (Å²) in [6.07, 6.45) is 1.70. The van der Waals surface area contributed by atoms with Crippen LogP contribution in [0.25, 0.3) is 0 Å². The van der Waals surface area contributed by atoms with Gasteiger partial charge in [0, 0.05) is 17.3 Å². The van der Waals surface area contributed by atoms with E-state index in [1.807, 2.05) is 12.3 Å². The van der Waals surface area contributed by atoms with Gasteiger partial charge in [-0.1, -0.05) is 11.6 Å². The maximum Gasteiger partial charge on any atom is 0.164 e. The monoisotopic (exact) mass is 228 g/mol. The van der Waals surface area contributed by atoms with Crippen molar-refractivity contribution in [2.45, 2.75) is 13.5 Å². The second kappa shape index (κ2) is 3.59. The molecule has 2 rings (SSSR count). The molecule has 4 nitrogen and oxygen atoms in total. The number of anilines is 1. The Morgan fingerprint density at radius 2 is 2.43 bits per heavy atom. The Kier molecular flexibility index (Phi) is 2.43. The maximum atomic E-state index is 5.78. The molecule has 0 saturated carbocycles. The molecule has 0 unspecified atom stereocenters. The molecule has 6 heteroatoms. The van der Waals surface area contributed by atoms with E-state index in [-0.39, 0.29) is 0 Å². The van der Waals surface area contributed by atoms with Crippen molar-refractivity contribution in [1.82, 2.24) is 14.8 Å². The molecule has 0 amide bonds. The summed E-state index contributed by atoms with van der Waals surface area (Å²) in [6, 6.07) is 0. The smallest absolute Gasteiger partial charge is 0.164 e. The number of hydrogen-bond donors (Lipinski definition) is 1. The minimum atomic E-state index is 0.361. The first-order valence-corrected chi connectivity index (χ1v) is 5.30. The van der Waals surface area contributed by atoms with Crippen LogP contribution in [0.1, 0.15) is 10.7 Å². The first-order valence-electron chi connectivity index (χ1n) is 4.04. The number of nitrogens with zero attached hydrogens (tertiary/aromatic N) is 3. The summed E-state index contributed by atoms with van der Waals surface area (Å²) in [5, 5.41) is 7.53. The zero-order valence-electron chi connectivity index (χ0n) is 7.57. The lowest BCUT2D eigenvalue weighted by molar-refractivity contribution is 0.685. The topological polar surface area (TPSA) is 56.7 Å². The minimum Gasteiger partial charge on any atom is -0.381 e. The summed E-state index contributed by atoms with van der Waals surface area (Å²) in [5.74, 6) is 0.361. The molecule has 0 aliphatic heterocycles. The largest absolute Gasteiger partial charge is 0.381 e. The average molecular weight is 229 g/mol. The Hall–Kier alpha value is -1.07. The van der Waals surface area contributed by atoms with Gasteiger partial charge in [-0.3, -0.25) is 4.68 Å². The quantitative estimate of drug-likeness (QED) is 0.855. The molecule has 2 aromatic heterocycles. The number of nitrogen functional groups attached to an aromatic ring is 1. The number of nitrogens with two attached hydrogens (primary N) is 1. The minimum absolute atomic E-state index is 0.361. The molecular formula is C8H9ClN4S. The van der Waals surface area contributed by atoms with E-state index in [1.54, 1.807) is 22.2 Å². The summed E-state index contributed by atoms with van der Waals surface area (Å²) >= 11 is 7.38. The normalized spacial score (nSPS) is 10.7. The number of aromatic nitrogens is 3. The van der Waals surface area contributed by atoms with Crippen molar-refractivity contribution >= 4 is 28.8 Å². The summed E-state index contributed by atoms with van der Waals surface area (Å²) in [7, 11) is 0. The first-order chi connectivity index (χ1) is 6.65. The summed E-state index contributed by atoms with van der Waals surface area (Å²) in [5.41, 5.74) is 6.54. The van der Waals surface area contributed by atoms with Crippen LogP contribution >= 0.6 is 22.9 Å². The van der Waals surface area contributed by atoms with Crippen molar-refractivity contribution in [2.24, 2.45) is 0 Å². The van der Waals surface area contributed by atoms with Crippen LogP contribution in [0.4, 0.5) is 5.82 Å². The third-order valence-electron chi connectivity index (χ3n) is 1.71. The van der Waals surface area contributed by atoms with Crippen molar-refractivity contribution in [1.29, 1.82) is 0 Å². The van der Waals surface area contributed by atoms with Crippen LogP contribution < -0.4 is 5.73 Å². The fraction of sp³-hybridized carbons (Fsp3) is 0.250. The summed E-state index contributed by atoms with van der Waals surface area (Å²) < 4.78 is 1.69. The molecule has 0 aliphatic carbocycles. The molecule has 0 spiro atoms. The van der Waals surface area contributed by atoms with Gasteiger partial charge in [-0.15, -0.1) is 11.3 Å². The highest BCUT2D eigenvalue weighted by atomic mass is 35.5. The number of hydrogen-bond acceptors (Lipinski definition) is 4. The maximum absolute atomic E-state index is 5.78. The molecule has 0 fully saturated rings. The molecule has 0 radical (unpaired) electrons. The highest BCUT2D eigenvalue weighted by molar-refractivity contribution is 7.09. The van der Waals surface area contributed by atoms with E-state index in [1.165, 1.54) is 0 Å².